The zero-order chi connectivity index (χ0) is 23.4. The van der Waals surface area contributed by atoms with Crippen molar-refractivity contribution in [2.24, 2.45) is 0 Å². The zero-order valence-corrected chi connectivity index (χ0v) is 18.2. The largest absolute Gasteiger partial charge is 0.451 e. The molecule has 170 valence electrons. The Bertz CT molecular complexity index is 1180. The Morgan fingerprint density at radius 1 is 1.00 bits per heavy atom. The van der Waals surface area contributed by atoms with E-state index in [0.29, 0.717) is 43.9 Å². The number of hydrogen-bond acceptors (Lipinski definition) is 6. The number of benzene rings is 2. The normalized spacial score (nSPS) is 13.6. The first-order valence-corrected chi connectivity index (χ1v) is 10.7. The maximum Gasteiger partial charge on any atom is 0.291 e. The lowest BCUT2D eigenvalue weighted by Gasteiger charge is -2.36. The molecule has 9 heteroatoms. The number of para-hydroxylation sites is 3. The summed E-state index contributed by atoms with van der Waals surface area (Å²) < 4.78 is 5.66. The number of hydrogen-bond donors (Lipinski definition) is 1. The molecule has 1 aromatic heterocycles. The molecule has 2 heterocycles. The fourth-order valence-electron chi connectivity index (χ4n) is 3.91. The van der Waals surface area contributed by atoms with Gasteiger partial charge < -0.3 is 19.5 Å². The van der Waals surface area contributed by atoms with Gasteiger partial charge in [0.1, 0.15) is 5.76 Å². The van der Waals surface area contributed by atoms with Crippen molar-refractivity contribution in [1.29, 1.82) is 0 Å². The summed E-state index contributed by atoms with van der Waals surface area (Å²) in [6.45, 7) is 4.46. The molecule has 1 saturated heterocycles. The summed E-state index contributed by atoms with van der Waals surface area (Å²) in [6, 6.07) is 16.7. The number of nitro groups is 1. The first-order chi connectivity index (χ1) is 16.0. The molecule has 0 unspecified atom stereocenters. The highest BCUT2D eigenvalue weighted by Crippen LogP contribution is 2.32. The van der Waals surface area contributed by atoms with Crippen molar-refractivity contribution in [1.82, 2.24) is 4.90 Å². The third-order valence-electron chi connectivity index (χ3n) is 5.62. The molecule has 1 aliphatic heterocycles. The van der Waals surface area contributed by atoms with E-state index < -0.39 is 10.8 Å². The number of nitro benzene ring substituents is 1. The van der Waals surface area contributed by atoms with E-state index in [1.54, 1.807) is 24.3 Å². The van der Waals surface area contributed by atoms with Gasteiger partial charge in [0, 0.05) is 38.7 Å². The third-order valence-corrected chi connectivity index (χ3v) is 5.62. The molecule has 0 aliphatic carbocycles. The van der Waals surface area contributed by atoms with Crippen molar-refractivity contribution < 1.29 is 18.9 Å². The second-order valence-electron chi connectivity index (χ2n) is 7.63. The first-order valence-electron chi connectivity index (χ1n) is 10.7. The van der Waals surface area contributed by atoms with E-state index in [9.17, 15) is 19.7 Å². The van der Waals surface area contributed by atoms with Crippen LogP contribution in [-0.2, 0) is 4.79 Å². The lowest BCUT2D eigenvalue weighted by atomic mass is 10.1. The second kappa shape index (κ2) is 9.56. The molecular formula is C24H24N4O5. The monoisotopic (exact) mass is 448 g/mol. The van der Waals surface area contributed by atoms with Gasteiger partial charge in [-0.3, -0.25) is 19.7 Å². The van der Waals surface area contributed by atoms with Crippen LogP contribution >= 0.6 is 0 Å². The fraction of sp³-hybridized carbons (Fsp3) is 0.250. The minimum absolute atomic E-state index is 0.0521. The van der Waals surface area contributed by atoms with E-state index in [-0.39, 0.29) is 23.1 Å². The standard InChI is InChI=1S/C24H24N4O5/c1-2-23(29)27-15-13-26(14-16-27)20-10-6-4-8-18(20)25-24(30)22-12-11-21(33-22)17-7-3-5-9-19(17)28(31)32/h3-12H,2,13-16H2,1H3,(H,25,30). The number of amides is 2. The fourth-order valence-corrected chi connectivity index (χ4v) is 3.91. The van der Waals surface area contributed by atoms with Crippen LogP contribution in [0.15, 0.2) is 65.1 Å². The molecular weight excluding hydrogens is 424 g/mol. The average Bonchev–Trinajstić information content (AvgIpc) is 3.34. The van der Waals surface area contributed by atoms with E-state index in [0.717, 1.165) is 5.69 Å². The van der Waals surface area contributed by atoms with Crippen LogP contribution in [0, 0.1) is 10.1 Å². The molecule has 1 fully saturated rings. The summed E-state index contributed by atoms with van der Waals surface area (Å²) >= 11 is 0. The summed E-state index contributed by atoms with van der Waals surface area (Å²) in [5.41, 5.74) is 1.70. The topological polar surface area (TPSA) is 109 Å². The summed E-state index contributed by atoms with van der Waals surface area (Å²) in [4.78, 5) is 39.6. The van der Waals surface area contributed by atoms with Crippen molar-refractivity contribution >= 4 is 28.9 Å². The number of carbonyl (C=O) groups is 2. The van der Waals surface area contributed by atoms with E-state index in [2.05, 4.69) is 10.2 Å². The van der Waals surface area contributed by atoms with Crippen LogP contribution in [0.2, 0.25) is 0 Å². The molecule has 0 atom stereocenters. The number of nitrogens with one attached hydrogen (secondary N) is 1. The van der Waals surface area contributed by atoms with Crippen LogP contribution in [-0.4, -0.2) is 47.8 Å². The first kappa shape index (κ1) is 22.1. The molecule has 1 N–H and O–H groups in total. The van der Waals surface area contributed by atoms with Gasteiger partial charge in [0.25, 0.3) is 11.6 Å². The maximum atomic E-state index is 12.9. The summed E-state index contributed by atoms with van der Waals surface area (Å²) in [7, 11) is 0. The Morgan fingerprint density at radius 3 is 2.42 bits per heavy atom. The van der Waals surface area contributed by atoms with Gasteiger partial charge in [0.2, 0.25) is 5.91 Å². The van der Waals surface area contributed by atoms with Gasteiger partial charge in [-0.25, -0.2) is 0 Å². The van der Waals surface area contributed by atoms with Crippen molar-refractivity contribution in [2.75, 3.05) is 36.4 Å². The summed E-state index contributed by atoms with van der Waals surface area (Å²) in [6.07, 6.45) is 0.490. The Kier molecular flexibility index (Phi) is 6.39. The van der Waals surface area contributed by atoms with E-state index in [4.69, 9.17) is 4.42 Å². The number of anilines is 2. The number of carbonyl (C=O) groups excluding carboxylic acids is 2. The number of rotatable bonds is 6. The minimum Gasteiger partial charge on any atom is -0.451 e. The molecule has 2 amide bonds. The van der Waals surface area contributed by atoms with Crippen molar-refractivity contribution in [3.8, 4) is 11.3 Å². The van der Waals surface area contributed by atoms with Crippen LogP contribution < -0.4 is 10.2 Å². The number of piperazine rings is 1. The van der Waals surface area contributed by atoms with Gasteiger partial charge in [-0.1, -0.05) is 31.2 Å². The smallest absolute Gasteiger partial charge is 0.291 e. The van der Waals surface area contributed by atoms with Gasteiger partial charge in [-0.05, 0) is 30.3 Å². The summed E-state index contributed by atoms with van der Waals surface area (Å²) in [5.74, 6) is -0.00985. The van der Waals surface area contributed by atoms with Crippen molar-refractivity contribution in [3.63, 3.8) is 0 Å². The zero-order valence-electron chi connectivity index (χ0n) is 18.2. The van der Waals surface area contributed by atoms with Gasteiger partial charge in [-0.15, -0.1) is 0 Å². The van der Waals surface area contributed by atoms with Crippen LogP contribution in [0.4, 0.5) is 17.1 Å². The average molecular weight is 448 g/mol. The quantitative estimate of drug-likeness (QED) is 0.448. The highest BCUT2D eigenvalue weighted by molar-refractivity contribution is 6.04. The molecule has 0 saturated carbocycles. The molecule has 0 bridgehead atoms. The van der Waals surface area contributed by atoms with Crippen LogP contribution in [0.3, 0.4) is 0 Å². The molecule has 33 heavy (non-hydrogen) atoms. The predicted octanol–water partition coefficient (Wildman–Crippen LogP) is 4.17. The highest BCUT2D eigenvalue weighted by Gasteiger charge is 2.23. The van der Waals surface area contributed by atoms with Gasteiger partial charge >= 0.3 is 0 Å². The Labute approximate surface area is 190 Å². The van der Waals surface area contributed by atoms with Crippen LogP contribution in [0.25, 0.3) is 11.3 Å². The SMILES string of the molecule is CCC(=O)N1CCN(c2ccccc2NC(=O)c2ccc(-c3ccccc3[N+](=O)[O-])o2)CC1. The van der Waals surface area contributed by atoms with Crippen molar-refractivity contribution in [2.45, 2.75) is 13.3 Å². The van der Waals surface area contributed by atoms with Crippen LogP contribution in [0.1, 0.15) is 23.9 Å². The van der Waals surface area contributed by atoms with Gasteiger partial charge in [-0.2, -0.15) is 0 Å². The molecule has 0 radical (unpaired) electrons. The number of nitrogens with zero attached hydrogens (tertiary/aromatic N) is 3. The lowest BCUT2D eigenvalue weighted by Crippen LogP contribution is -2.48. The van der Waals surface area contributed by atoms with Gasteiger partial charge in [0.05, 0.1) is 21.9 Å². The Morgan fingerprint density at radius 2 is 1.70 bits per heavy atom. The maximum absolute atomic E-state index is 12.9. The lowest BCUT2D eigenvalue weighted by molar-refractivity contribution is -0.384. The molecule has 9 nitrogen and oxygen atoms in total. The molecule has 2 aromatic carbocycles. The molecule has 4 rings (SSSR count). The third kappa shape index (κ3) is 4.72. The molecule has 3 aromatic rings. The minimum atomic E-state index is -0.484. The summed E-state index contributed by atoms with van der Waals surface area (Å²) in [5, 5.41) is 14.2. The second-order valence-corrected chi connectivity index (χ2v) is 7.63. The van der Waals surface area contributed by atoms with E-state index >= 15 is 0 Å². The Hall–Kier alpha value is -4.14. The highest BCUT2D eigenvalue weighted by atomic mass is 16.6. The number of furan rings is 1. The van der Waals surface area contributed by atoms with E-state index in [1.165, 1.54) is 12.1 Å². The molecule has 1 aliphatic rings. The van der Waals surface area contributed by atoms with E-state index in [1.807, 2.05) is 36.1 Å². The van der Waals surface area contributed by atoms with Gasteiger partial charge in [0.15, 0.2) is 5.76 Å². The predicted molar refractivity (Wildman–Crippen MR) is 124 cm³/mol. The molecule has 0 spiro atoms. The van der Waals surface area contributed by atoms with Crippen molar-refractivity contribution in [3.05, 3.63) is 76.5 Å². The Balaban J connectivity index is 1.50. The van der Waals surface area contributed by atoms with Crippen LogP contribution in [0.5, 0.6) is 0 Å².